The van der Waals surface area contributed by atoms with Crippen LogP contribution in [0.1, 0.15) is 6.42 Å². The topological polar surface area (TPSA) is 26.3 Å². The van der Waals surface area contributed by atoms with Gasteiger partial charge in [-0.15, -0.1) is 0 Å². The molecular formula is C3H5BO2PS. The molecule has 0 atom stereocenters. The average molecular weight is 147 g/mol. The molecule has 0 aliphatic rings. The molecule has 0 aromatic heterocycles. The van der Waals surface area contributed by atoms with Gasteiger partial charge in [-0.05, 0) is 0 Å². The van der Waals surface area contributed by atoms with Gasteiger partial charge >= 0.3 is 52.4 Å². The van der Waals surface area contributed by atoms with E-state index in [-0.39, 0.29) is 0 Å². The summed E-state index contributed by atoms with van der Waals surface area (Å²) in [5.41, 5.74) is 0. The molecule has 2 nitrogen and oxygen atoms in total. The molecule has 0 saturated carbocycles. The summed E-state index contributed by atoms with van der Waals surface area (Å²) >= 11 is 0. The number of carbonyl (C=O) groups is 1. The summed E-state index contributed by atoms with van der Waals surface area (Å²) in [5, 5.41) is 0. The summed E-state index contributed by atoms with van der Waals surface area (Å²) in [5.74, 6) is 0. The van der Waals surface area contributed by atoms with E-state index in [4.69, 9.17) is 10.9 Å². The van der Waals surface area contributed by atoms with E-state index in [2.05, 4.69) is 7.81 Å². The molecule has 43 valence electrons. The second kappa shape index (κ2) is 5.48. The van der Waals surface area contributed by atoms with Crippen LogP contribution in [0.3, 0.4) is 0 Å². The van der Waals surface area contributed by atoms with Crippen LogP contribution in [0.15, 0.2) is 0 Å². The summed E-state index contributed by atoms with van der Waals surface area (Å²) in [6, 6.07) is 0. The first kappa shape index (κ1) is 8.34. The first-order valence-corrected chi connectivity index (χ1v) is 4.28. The number of rotatable bonds is 3. The molecule has 0 spiro atoms. The minimum absolute atomic E-state index is 0.368. The average Bonchev–Trinajstić information content (AvgIpc) is 1.66. The van der Waals surface area contributed by atoms with Gasteiger partial charge in [-0.2, -0.15) is 0 Å². The van der Waals surface area contributed by atoms with E-state index in [1.807, 2.05) is 0 Å². The molecule has 0 aliphatic heterocycles. The van der Waals surface area contributed by atoms with Gasteiger partial charge < -0.3 is 0 Å². The fourth-order valence-electron chi connectivity index (χ4n) is 0.182. The fraction of sp³-hybridized carbons (Fsp3) is 0.667. The SMILES string of the molecule is [B]=S(#P)OCCC=O. The number of aldehydes is 1. The maximum absolute atomic E-state index is 9.64. The first-order valence-electron chi connectivity index (χ1n) is 2.02. The molecule has 5 heteroatoms. The molecule has 0 aromatic carbocycles. The van der Waals surface area contributed by atoms with E-state index in [1.54, 1.807) is 0 Å². The van der Waals surface area contributed by atoms with Gasteiger partial charge in [-0.25, -0.2) is 0 Å². The first-order chi connectivity index (χ1) is 3.77. The van der Waals surface area contributed by atoms with Gasteiger partial charge in [0.15, 0.2) is 0 Å². The Balaban J connectivity index is 3.09. The summed E-state index contributed by atoms with van der Waals surface area (Å²) in [6.45, 7) is 5.45. The van der Waals surface area contributed by atoms with Gasteiger partial charge in [0, 0.05) is 0 Å². The van der Waals surface area contributed by atoms with E-state index in [0.717, 1.165) is 6.29 Å². The van der Waals surface area contributed by atoms with Crippen LogP contribution in [0.25, 0.3) is 0 Å². The van der Waals surface area contributed by atoms with Crippen molar-refractivity contribution in [3.8, 4) is 0 Å². The second-order valence-corrected chi connectivity index (χ2v) is 2.92. The Morgan fingerprint density at radius 3 is 2.88 bits per heavy atom. The van der Waals surface area contributed by atoms with Crippen molar-refractivity contribution in [3.63, 3.8) is 0 Å². The molecule has 0 aliphatic carbocycles. The second-order valence-electron chi connectivity index (χ2n) is 1.05. The van der Waals surface area contributed by atoms with Crippen LogP contribution in [-0.2, 0) is 8.98 Å². The van der Waals surface area contributed by atoms with Gasteiger partial charge in [-0.1, -0.05) is 0 Å². The van der Waals surface area contributed by atoms with Crippen LogP contribution in [0.2, 0.25) is 0 Å². The number of carbonyl (C=O) groups excluding carboxylic acids is 1. The molecule has 1 radical (unpaired) electrons. The summed E-state index contributed by atoms with van der Waals surface area (Å²) in [6.07, 6.45) is 1.17. The maximum atomic E-state index is 9.64. The monoisotopic (exact) mass is 147 g/mol. The van der Waals surface area contributed by atoms with E-state index in [0.29, 0.717) is 13.0 Å². The van der Waals surface area contributed by atoms with Crippen LogP contribution >= 0.6 is 17.4 Å². The molecule has 0 fully saturated rings. The summed E-state index contributed by atoms with van der Waals surface area (Å²) in [7, 11) is 2.96. The van der Waals surface area contributed by atoms with E-state index in [9.17, 15) is 4.79 Å². The van der Waals surface area contributed by atoms with Crippen molar-refractivity contribution in [1.29, 1.82) is 0 Å². The van der Waals surface area contributed by atoms with Gasteiger partial charge in [0.2, 0.25) is 0 Å². The van der Waals surface area contributed by atoms with Crippen molar-refractivity contribution in [1.82, 2.24) is 0 Å². The van der Waals surface area contributed by atoms with Gasteiger partial charge in [0.1, 0.15) is 0 Å². The predicted molar refractivity (Wildman–Crippen MR) is 36.9 cm³/mol. The number of hydrogen-bond acceptors (Lipinski definition) is 2. The normalized spacial score (nSPS) is 8.25. The van der Waals surface area contributed by atoms with Crippen molar-refractivity contribution in [2.75, 3.05) is 6.61 Å². The molecule has 0 saturated heterocycles. The van der Waals surface area contributed by atoms with Crippen LogP contribution in [0, 0.1) is 0 Å². The molecule has 0 heterocycles. The van der Waals surface area contributed by atoms with Crippen molar-refractivity contribution >= 4 is 30.4 Å². The molecular weight excluding hydrogens is 142 g/mol. The standard InChI is InChI=1S/C3H5BO2PS/c4-8(7)6-3-1-2-5/h2H,1,3H2. The van der Waals surface area contributed by atoms with E-state index in [1.165, 1.54) is 0 Å². The van der Waals surface area contributed by atoms with Gasteiger partial charge in [0.05, 0.1) is 0 Å². The van der Waals surface area contributed by atoms with Crippen LogP contribution in [0.5, 0.6) is 0 Å². The number of hydrogen-bond donors (Lipinski definition) is 0. The quantitative estimate of drug-likeness (QED) is 0.259. The molecule has 0 rings (SSSR count). The van der Waals surface area contributed by atoms with Crippen molar-refractivity contribution in [2.45, 2.75) is 6.42 Å². The zero-order valence-corrected chi connectivity index (χ0v) is 5.95. The molecule has 0 aromatic rings. The van der Waals surface area contributed by atoms with E-state index < -0.39 is 9.58 Å². The van der Waals surface area contributed by atoms with Crippen LogP contribution in [-0.4, -0.2) is 19.6 Å². The molecule has 0 unspecified atom stereocenters. The molecule has 0 amide bonds. The molecule has 0 bridgehead atoms. The van der Waals surface area contributed by atoms with Gasteiger partial charge in [0.25, 0.3) is 0 Å². The van der Waals surface area contributed by atoms with Crippen molar-refractivity contribution in [3.05, 3.63) is 0 Å². The third-order valence-electron chi connectivity index (χ3n) is 0.440. The zero-order chi connectivity index (χ0) is 6.41. The Morgan fingerprint density at radius 1 is 1.88 bits per heavy atom. The Bertz CT molecular complexity index is 173. The van der Waals surface area contributed by atoms with E-state index >= 15 is 0 Å². The van der Waals surface area contributed by atoms with Crippen molar-refractivity contribution in [2.24, 2.45) is 0 Å². The summed E-state index contributed by atoms with van der Waals surface area (Å²) < 4.78 is 4.72. The Morgan fingerprint density at radius 2 is 2.50 bits per heavy atom. The fourth-order valence-corrected chi connectivity index (χ4v) is 0.672. The van der Waals surface area contributed by atoms with Crippen molar-refractivity contribution < 1.29 is 8.98 Å². The van der Waals surface area contributed by atoms with Gasteiger partial charge in [-0.3, -0.25) is 0 Å². The molecule has 8 heavy (non-hydrogen) atoms. The minimum atomic E-state index is -0.781. The summed E-state index contributed by atoms with van der Waals surface area (Å²) in [4.78, 5) is 9.64. The Labute approximate surface area is 53.1 Å². The predicted octanol–water partition coefficient (Wildman–Crippen LogP) is 1.18. The van der Waals surface area contributed by atoms with Crippen LogP contribution < -0.4 is 0 Å². The third kappa shape index (κ3) is 6.34. The molecule has 0 N–H and O–H groups in total. The zero-order valence-electron chi connectivity index (χ0n) is 4.24. The third-order valence-corrected chi connectivity index (χ3v) is 1.16. The van der Waals surface area contributed by atoms with Crippen LogP contribution in [0.4, 0.5) is 0 Å². The Hall–Kier alpha value is 0.345. The Kier molecular flexibility index (Phi) is 5.72.